The highest BCUT2D eigenvalue weighted by Crippen LogP contribution is 2.30. The number of benzene rings is 3. The van der Waals surface area contributed by atoms with Crippen molar-refractivity contribution < 1.29 is 27.1 Å². The van der Waals surface area contributed by atoms with Crippen molar-refractivity contribution in [3.8, 4) is 5.75 Å². The Balaban J connectivity index is 2.09. The predicted molar refractivity (Wildman–Crippen MR) is 154 cm³/mol. The van der Waals surface area contributed by atoms with Crippen LogP contribution in [0.4, 0.5) is 10.1 Å². The number of hydrogen-bond acceptors (Lipinski definition) is 5. The Morgan fingerprint density at radius 1 is 0.975 bits per heavy atom. The number of nitrogens with one attached hydrogen (secondary N) is 1. The zero-order chi connectivity index (χ0) is 29.3. The van der Waals surface area contributed by atoms with E-state index in [1.165, 1.54) is 36.3 Å². The summed E-state index contributed by atoms with van der Waals surface area (Å²) in [6, 6.07) is 20.4. The minimum atomic E-state index is -3.96. The highest BCUT2D eigenvalue weighted by molar-refractivity contribution is 7.92. The smallest absolute Gasteiger partial charge is 0.244 e. The third-order valence-electron chi connectivity index (χ3n) is 6.60. The van der Waals surface area contributed by atoms with Gasteiger partial charge in [0.25, 0.3) is 0 Å². The molecule has 0 fully saturated rings. The van der Waals surface area contributed by atoms with Crippen LogP contribution in [0.1, 0.15) is 31.4 Å². The van der Waals surface area contributed by atoms with Crippen LogP contribution in [0, 0.1) is 5.82 Å². The van der Waals surface area contributed by atoms with Crippen LogP contribution in [0.25, 0.3) is 0 Å². The van der Waals surface area contributed by atoms with E-state index in [0.29, 0.717) is 6.42 Å². The van der Waals surface area contributed by atoms with Crippen molar-refractivity contribution in [2.45, 2.75) is 45.3 Å². The highest BCUT2D eigenvalue weighted by Gasteiger charge is 2.34. The molecule has 2 amide bonds. The van der Waals surface area contributed by atoms with Crippen molar-refractivity contribution in [1.29, 1.82) is 0 Å². The van der Waals surface area contributed by atoms with Gasteiger partial charge >= 0.3 is 0 Å². The van der Waals surface area contributed by atoms with E-state index < -0.39 is 40.2 Å². The molecule has 40 heavy (non-hydrogen) atoms. The van der Waals surface area contributed by atoms with Gasteiger partial charge in [-0.1, -0.05) is 67.6 Å². The summed E-state index contributed by atoms with van der Waals surface area (Å²) in [4.78, 5) is 29.0. The first-order valence-corrected chi connectivity index (χ1v) is 14.9. The van der Waals surface area contributed by atoms with Crippen LogP contribution in [0.3, 0.4) is 0 Å². The predicted octanol–water partition coefficient (Wildman–Crippen LogP) is 4.16. The fourth-order valence-corrected chi connectivity index (χ4v) is 5.09. The maximum absolute atomic E-state index is 14.8. The van der Waals surface area contributed by atoms with Crippen LogP contribution in [-0.4, -0.2) is 57.1 Å². The molecule has 0 radical (unpaired) electrons. The average molecular weight is 570 g/mol. The molecule has 8 nitrogen and oxygen atoms in total. The number of methoxy groups -OCH3 is 1. The number of anilines is 1. The summed E-state index contributed by atoms with van der Waals surface area (Å²) in [7, 11) is -2.55. The number of para-hydroxylation sites is 2. The van der Waals surface area contributed by atoms with Gasteiger partial charge in [-0.05, 0) is 37.1 Å². The molecule has 0 aromatic heterocycles. The number of sulfonamides is 1. The second kappa shape index (κ2) is 13.9. The zero-order valence-electron chi connectivity index (χ0n) is 23.2. The first-order valence-electron chi connectivity index (χ1n) is 13.0. The van der Waals surface area contributed by atoms with Crippen LogP contribution >= 0.6 is 0 Å². The topological polar surface area (TPSA) is 96.0 Å². The Hall–Kier alpha value is -3.92. The molecule has 0 aliphatic carbocycles. The minimum Gasteiger partial charge on any atom is -0.495 e. The number of carbonyl (C=O) groups excluding carboxylic acids is 2. The Morgan fingerprint density at radius 2 is 1.60 bits per heavy atom. The zero-order valence-corrected chi connectivity index (χ0v) is 24.0. The first kappa shape index (κ1) is 30.6. The molecule has 0 aliphatic heterocycles. The molecule has 0 spiro atoms. The summed E-state index contributed by atoms with van der Waals surface area (Å²) in [6.45, 7) is 2.93. The second-order valence-corrected chi connectivity index (χ2v) is 11.5. The van der Waals surface area contributed by atoms with E-state index >= 15 is 0 Å². The van der Waals surface area contributed by atoms with Gasteiger partial charge in [-0.25, -0.2) is 12.8 Å². The molecule has 3 rings (SSSR count). The quantitative estimate of drug-likeness (QED) is 0.334. The number of halogens is 1. The van der Waals surface area contributed by atoms with Crippen molar-refractivity contribution in [2.24, 2.45) is 0 Å². The molecule has 1 N–H and O–H groups in total. The Morgan fingerprint density at radius 3 is 2.23 bits per heavy atom. The van der Waals surface area contributed by atoms with Gasteiger partial charge in [0.2, 0.25) is 21.8 Å². The summed E-state index contributed by atoms with van der Waals surface area (Å²) in [5.74, 6) is -1.35. The molecule has 3 aromatic carbocycles. The lowest BCUT2D eigenvalue weighted by Gasteiger charge is -2.34. The third-order valence-corrected chi connectivity index (χ3v) is 7.73. The molecule has 0 unspecified atom stereocenters. The summed E-state index contributed by atoms with van der Waals surface area (Å²) < 4.78 is 46.9. The summed E-state index contributed by atoms with van der Waals surface area (Å²) >= 11 is 0. The van der Waals surface area contributed by atoms with Gasteiger partial charge < -0.3 is 15.0 Å². The molecule has 3 aromatic rings. The van der Waals surface area contributed by atoms with Gasteiger partial charge in [-0.3, -0.25) is 13.9 Å². The highest BCUT2D eigenvalue weighted by atomic mass is 32.2. The molecule has 214 valence electrons. The number of amides is 2. The van der Waals surface area contributed by atoms with Crippen LogP contribution in [0.2, 0.25) is 0 Å². The Labute approximate surface area is 235 Å². The maximum Gasteiger partial charge on any atom is 0.244 e. The summed E-state index contributed by atoms with van der Waals surface area (Å²) in [5, 5.41) is 2.94. The molecular weight excluding hydrogens is 533 g/mol. The molecular formula is C30H36FN3O5S. The summed E-state index contributed by atoms with van der Waals surface area (Å²) in [5.41, 5.74) is 1.17. The molecule has 2 atom stereocenters. The van der Waals surface area contributed by atoms with Crippen LogP contribution in [0.15, 0.2) is 78.9 Å². The molecule has 0 saturated carbocycles. The molecule has 0 saturated heterocycles. The molecule has 10 heteroatoms. The van der Waals surface area contributed by atoms with E-state index in [1.54, 1.807) is 24.3 Å². The minimum absolute atomic E-state index is 0.150. The lowest BCUT2D eigenvalue weighted by Crippen LogP contribution is -2.54. The van der Waals surface area contributed by atoms with Crippen LogP contribution < -0.4 is 14.4 Å². The van der Waals surface area contributed by atoms with Gasteiger partial charge in [0, 0.05) is 24.6 Å². The SMILES string of the molecule is CC[C@@H](C)NC(=O)[C@H](Cc1ccccc1)N(Cc1ccccc1F)C(=O)CN(c1ccccc1OC)S(C)(=O)=O. The van der Waals surface area contributed by atoms with E-state index in [0.717, 1.165) is 16.1 Å². The average Bonchev–Trinajstić information content (AvgIpc) is 2.94. The van der Waals surface area contributed by atoms with Gasteiger partial charge in [0.05, 0.1) is 19.1 Å². The Bertz CT molecular complexity index is 1400. The molecule has 0 heterocycles. The number of carbonyl (C=O) groups is 2. The number of hydrogen-bond donors (Lipinski definition) is 1. The van der Waals surface area contributed by atoms with E-state index in [9.17, 15) is 22.4 Å². The van der Waals surface area contributed by atoms with Crippen molar-refractivity contribution in [3.05, 3.63) is 95.8 Å². The van der Waals surface area contributed by atoms with Crippen molar-refractivity contribution >= 4 is 27.5 Å². The summed E-state index contributed by atoms with van der Waals surface area (Å²) in [6.07, 6.45) is 1.81. The van der Waals surface area contributed by atoms with Gasteiger partial charge in [-0.2, -0.15) is 0 Å². The van der Waals surface area contributed by atoms with Crippen molar-refractivity contribution in [1.82, 2.24) is 10.2 Å². The van der Waals surface area contributed by atoms with Gasteiger partial charge in [0.15, 0.2) is 0 Å². The maximum atomic E-state index is 14.8. The monoisotopic (exact) mass is 569 g/mol. The standard InChI is InChI=1S/C30H36FN3O5S/c1-5-22(2)32-30(36)27(19-23-13-7-6-8-14-23)33(20-24-15-9-10-16-25(24)31)29(35)21-34(40(4,37)38)26-17-11-12-18-28(26)39-3/h6-18,22,27H,5,19-21H2,1-4H3,(H,32,36)/t22-,27+/m1/s1. The normalized spacial score (nSPS) is 12.7. The fraction of sp³-hybridized carbons (Fsp3) is 0.333. The number of ether oxygens (including phenoxy) is 1. The fourth-order valence-electron chi connectivity index (χ4n) is 4.24. The Kier molecular flexibility index (Phi) is 10.7. The van der Waals surface area contributed by atoms with E-state index in [2.05, 4.69) is 5.32 Å². The second-order valence-electron chi connectivity index (χ2n) is 9.58. The van der Waals surface area contributed by atoms with E-state index in [-0.39, 0.29) is 36.0 Å². The lowest BCUT2D eigenvalue weighted by atomic mass is 10.0. The van der Waals surface area contributed by atoms with Crippen molar-refractivity contribution in [3.63, 3.8) is 0 Å². The number of nitrogens with zero attached hydrogens (tertiary/aromatic N) is 2. The van der Waals surface area contributed by atoms with Gasteiger partial charge in [-0.15, -0.1) is 0 Å². The van der Waals surface area contributed by atoms with E-state index in [4.69, 9.17) is 4.74 Å². The largest absolute Gasteiger partial charge is 0.495 e. The lowest BCUT2D eigenvalue weighted by molar-refractivity contribution is -0.140. The van der Waals surface area contributed by atoms with Crippen molar-refractivity contribution in [2.75, 3.05) is 24.2 Å². The van der Waals surface area contributed by atoms with E-state index in [1.807, 2.05) is 44.2 Å². The molecule has 0 bridgehead atoms. The number of rotatable bonds is 13. The van der Waals surface area contributed by atoms with Gasteiger partial charge in [0.1, 0.15) is 24.2 Å². The molecule has 0 aliphatic rings. The first-order chi connectivity index (χ1) is 19.0. The van der Waals surface area contributed by atoms with Crippen LogP contribution in [0.5, 0.6) is 5.75 Å². The third kappa shape index (κ3) is 8.05. The van der Waals surface area contributed by atoms with Crippen LogP contribution in [-0.2, 0) is 32.6 Å².